The molecule has 0 aliphatic heterocycles. The van der Waals surface area contributed by atoms with E-state index in [0.717, 1.165) is 12.8 Å². The Kier molecular flexibility index (Phi) is 9.38. The minimum atomic E-state index is -1.01. The highest BCUT2D eigenvalue weighted by Crippen LogP contribution is 2.06. The zero-order chi connectivity index (χ0) is 15.5. The van der Waals surface area contributed by atoms with Crippen LogP contribution in [-0.4, -0.2) is 34.7 Å². The van der Waals surface area contributed by atoms with E-state index in [1.807, 2.05) is 13.0 Å². The third-order valence-electron chi connectivity index (χ3n) is 2.85. The maximum Gasteiger partial charge on any atom is 0.320 e. The van der Waals surface area contributed by atoms with Gasteiger partial charge < -0.3 is 15.5 Å². The molecule has 5 heteroatoms. The van der Waals surface area contributed by atoms with E-state index in [1.165, 1.54) is 11.1 Å². The van der Waals surface area contributed by atoms with Crippen LogP contribution in [0, 0.1) is 0 Å². The van der Waals surface area contributed by atoms with E-state index in [4.69, 9.17) is 10.2 Å². The molecule has 0 saturated carbocycles. The van der Waals surface area contributed by atoms with E-state index in [0.29, 0.717) is 6.54 Å². The molecule has 0 rings (SSSR count). The molecule has 114 valence electrons. The first-order chi connectivity index (χ1) is 9.32. The molecular weight excluding hydrogens is 258 g/mol. The van der Waals surface area contributed by atoms with Gasteiger partial charge in [0.15, 0.2) is 0 Å². The lowest BCUT2D eigenvalue weighted by atomic mass is 10.1. The molecule has 0 fully saturated rings. The van der Waals surface area contributed by atoms with Crippen molar-refractivity contribution in [3.8, 4) is 0 Å². The third-order valence-corrected chi connectivity index (χ3v) is 2.85. The van der Waals surface area contributed by atoms with Gasteiger partial charge in [0.25, 0.3) is 0 Å². The number of carboxylic acid groups (broad SMARTS) is 2. The van der Waals surface area contributed by atoms with Gasteiger partial charge in [-0.15, -0.1) is 0 Å². The summed E-state index contributed by atoms with van der Waals surface area (Å²) in [7, 11) is 0. The molecule has 1 atom stereocenters. The predicted octanol–water partition coefficient (Wildman–Crippen LogP) is 2.59. The van der Waals surface area contributed by atoms with Gasteiger partial charge >= 0.3 is 11.9 Å². The fourth-order valence-corrected chi connectivity index (χ4v) is 1.65. The molecule has 0 aromatic carbocycles. The molecule has 0 saturated heterocycles. The van der Waals surface area contributed by atoms with E-state index in [9.17, 15) is 9.59 Å². The fraction of sp³-hybridized carbons (Fsp3) is 0.600. The van der Waals surface area contributed by atoms with Crippen molar-refractivity contribution in [3.63, 3.8) is 0 Å². The van der Waals surface area contributed by atoms with Crippen molar-refractivity contribution in [2.24, 2.45) is 0 Å². The standard InChI is InChI=1S/C15H25NO4/c1-11(2)5-4-6-12(3)9-10-16-13(15(19)20)7-8-14(17)18/h5,9,13,16H,4,6-8,10H2,1-3H3,(H,17,18)(H,19,20)/b12-9+/t13-/m0/s1. The van der Waals surface area contributed by atoms with Crippen molar-refractivity contribution in [2.45, 2.75) is 52.5 Å². The Morgan fingerprint density at radius 2 is 1.75 bits per heavy atom. The van der Waals surface area contributed by atoms with E-state index in [1.54, 1.807) is 0 Å². The number of carbonyl (C=O) groups is 2. The van der Waals surface area contributed by atoms with E-state index >= 15 is 0 Å². The zero-order valence-electron chi connectivity index (χ0n) is 12.5. The second-order valence-corrected chi connectivity index (χ2v) is 5.10. The molecule has 0 amide bonds. The minimum Gasteiger partial charge on any atom is -0.481 e. The molecule has 20 heavy (non-hydrogen) atoms. The largest absolute Gasteiger partial charge is 0.481 e. The summed E-state index contributed by atoms with van der Waals surface area (Å²) in [5.74, 6) is -1.99. The van der Waals surface area contributed by atoms with Crippen molar-refractivity contribution < 1.29 is 19.8 Å². The molecule has 0 spiro atoms. The molecule has 0 aromatic heterocycles. The lowest BCUT2D eigenvalue weighted by molar-refractivity contribution is -0.140. The highest BCUT2D eigenvalue weighted by atomic mass is 16.4. The van der Waals surface area contributed by atoms with E-state index < -0.39 is 18.0 Å². The van der Waals surface area contributed by atoms with Crippen LogP contribution in [0.25, 0.3) is 0 Å². The van der Waals surface area contributed by atoms with Gasteiger partial charge in [-0.25, -0.2) is 0 Å². The topological polar surface area (TPSA) is 86.6 Å². The van der Waals surface area contributed by atoms with Gasteiger partial charge in [-0.1, -0.05) is 23.3 Å². The Morgan fingerprint density at radius 3 is 2.25 bits per heavy atom. The highest BCUT2D eigenvalue weighted by molar-refractivity contribution is 5.75. The van der Waals surface area contributed by atoms with Crippen molar-refractivity contribution in [1.82, 2.24) is 5.32 Å². The number of carboxylic acids is 2. The molecule has 0 aromatic rings. The van der Waals surface area contributed by atoms with Gasteiger partial charge in [-0.2, -0.15) is 0 Å². The predicted molar refractivity (Wildman–Crippen MR) is 78.7 cm³/mol. The molecule has 0 heterocycles. The smallest absolute Gasteiger partial charge is 0.320 e. The Balaban J connectivity index is 4.11. The minimum absolute atomic E-state index is 0.0926. The summed E-state index contributed by atoms with van der Waals surface area (Å²) in [5, 5.41) is 20.4. The molecule has 0 radical (unpaired) electrons. The zero-order valence-corrected chi connectivity index (χ0v) is 12.5. The molecule has 0 aliphatic rings. The first-order valence-electron chi connectivity index (χ1n) is 6.80. The maximum absolute atomic E-state index is 11.0. The van der Waals surface area contributed by atoms with Gasteiger partial charge in [0.2, 0.25) is 0 Å². The van der Waals surface area contributed by atoms with Crippen LogP contribution in [0.5, 0.6) is 0 Å². The number of hydrogen-bond acceptors (Lipinski definition) is 3. The Labute approximate surface area is 120 Å². The number of nitrogens with one attached hydrogen (secondary N) is 1. The summed E-state index contributed by atoms with van der Waals surface area (Å²) in [6.07, 6.45) is 5.99. The molecular formula is C15H25NO4. The highest BCUT2D eigenvalue weighted by Gasteiger charge is 2.16. The molecule has 3 N–H and O–H groups in total. The summed E-state index contributed by atoms with van der Waals surface area (Å²) in [6, 6.07) is -0.812. The lowest BCUT2D eigenvalue weighted by Crippen LogP contribution is -2.37. The lowest BCUT2D eigenvalue weighted by Gasteiger charge is -2.12. The number of rotatable bonds is 10. The van der Waals surface area contributed by atoms with Gasteiger partial charge in [0.05, 0.1) is 0 Å². The van der Waals surface area contributed by atoms with Crippen LogP contribution in [0.4, 0.5) is 0 Å². The van der Waals surface area contributed by atoms with Gasteiger partial charge in [-0.3, -0.25) is 9.59 Å². The van der Waals surface area contributed by atoms with Gasteiger partial charge in [0.1, 0.15) is 6.04 Å². The number of aliphatic carboxylic acids is 2. The van der Waals surface area contributed by atoms with Crippen LogP contribution >= 0.6 is 0 Å². The monoisotopic (exact) mass is 283 g/mol. The average molecular weight is 283 g/mol. The summed E-state index contributed by atoms with van der Waals surface area (Å²) < 4.78 is 0. The summed E-state index contributed by atoms with van der Waals surface area (Å²) in [6.45, 7) is 6.56. The van der Waals surface area contributed by atoms with Crippen LogP contribution in [0.2, 0.25) is 0 Å². The molecule has 5 nitrogen and oxygen atoms in total. The summed E-state index contributed by atoms with van der Waals surface area (Å²) in [5.41, 5.74) is 2.48. The van der Waals surface area contributed by atoms with Crippen molar-refractivity contribution >= 4 is 11.9 Å². The third kappa shape index (κ3) is 10.3. The first kappa shape index (κ1) is 18.4. The SMILES string of the molecule is CC(C)=CCC/C(C)=C/CN[C@@H](CCC(=O)O)C(=O)O. The van der Waals surface area contributed by atoms with Crippen LogP contribution in [0.15, 0.2) is 23.3 Å². The van der Waals surface area contributed by atoms with Crippen LogP contribution < -0.4 is 5.32 Å². The number of allylic oxidation sites excluding steroid dienone is 3. The molecule has 0 aliphatic carbocycles. The van der Waals surface area contributed by atoms with Crippen molar-refractivity contribution in [1.29, 1.82) is 0 Å². The van der Waals surface area contributed by atoms with Crippen molar-refractivity contribution in [3.05, 3.63) is 23.3 Å². The van der Waals surface area contributed by atoms with Crippen LogP contribution in [0.3, 0.4) is 0 Å². The Morgan fingerprint density at radius 1 is 1.10 bits per heavy atom. The van der Waals surface area contributed by atoms with Gasteiger partial charge in [0, 0.05) is 13.0 Å². The summed E-state index contributed by atoms with van der Waals surface area (Å²) in [4.78, 5) is 21.4. The Hall–Kier alpha value is -1.62. The van der Waals surface area contributed by atoms with Crippen LogP contribution in [-0.2, 0) is 9.59 Å². The second kappa shape index (κ2) is 10.2. The number of hydrogen-bond donors (Lipinski definition) is 3. The Bertz CT molecular complexity index is 381. The van der Waals surface area contributed by atoms with Crippen LogP contribution in [0.1, 0.15) is 46.5 Å². The quantitative estimate of drug-likeness (QED) is 0.536. The second-order valence-electron chi connectivity index (χ2n) is 5.10. The van der Waals surface area contributed by atoms with Crippen molar-refractivity contribution in [2.75, 3.05) is 6.54 Å². The fourth-order valence-electron chi connectivity index (χ4n) is 1.65. The first-order valence-corrected chi connectivity index (χ1v) is 6.80. The normalized spacial score (nSPS) is 12.8. The molecule has 0 unspecified atom stereocenters. The van der Waals surface area contributed by atoms with E-state index in [2.05, 4.69) is 25.2 Å². The average Bonchev–Trinajstić information content (AvgIpc) is 2.32. The summed E-state index contributed by atoms with van der Waals surface area (Å²) >= 11 is 0. The van der Waals surface area contributed by atoms with Gasteiger partial charge in [-0.05, 0) is 40.0 Å². The molecule has 0 bridgehead atoms. The van der Waals surface area contributed by atoms with E-state index in [-0.39, 0.29) is 12.8 Å². The maximum atomic E-state index is 11.0.